The third-order valence-electron chi connectivity index (χ3n) is 5.23. The smallest absolute Gasteiger partial charge is 0.271 e. The van der Waals surface area contributed by atoms with E-state index in [0.717, 1.165) is 41.6 Å². The lowest BCUT2D eigenvalue weighted by molar-refractivity contribution is -0.0502. The standard InChI is InChI=1S/C20H25ClN4O2S/c1-24(2)10-19-23-17(12-28-19)20(26)22-15-7-16-11-27-18(9-25(16)8-15)13-3-5-14(21)6-4-13/h3-6,12,15-16,18H,7-11H2,1-2H3,(H,22,26)/t15-,16+,18-/m1/s1. The molecule has 1 aromatic carbocycles. The number of rotatable bonds is 5. The van der Waals surface area contributed by atoms with Crippen molar-refractivity contribution in [1.82, 2.24) is 20.1 Å². The van der Waals surface area contributed by atoms with Gasteiger partial charge in [-0.05, 0) is 38.2 Å². The first kappa shape index (κ1) is 19.8. The third-order valence-corrected chi connectivity index (χ3v) is 6.32. The normalized spacial score (nSPS) is 25.1. The molecule has 0 unspecified atom stereocenters. The number of nitrogens with zero attached hydrogens (tertiary/aromatic N) is 3. The number of carbonyl (C=O) groups is 1. The molecule has 2 fully saturated rings. The van der Waals surface area contributed by atoms with Gasteiger partial charge in [-0.25, -0.2) is 4.98 Å². The molecule has 0 aliphatic carbocycles. The average Bonchev–Trinajstić information content (AvgIpc) is 3.27. The van der Waals surface area contributed by atoms with Crippen LogP contribution in [0.15, 0.2) is 29.6 Å². The minimum atomic E-state index is -0.0822. The molecule has 1 aromatic heterocycles. The Labute approximate surface area is 174 Å². The van der Waals surface area contributed by atoms with Gasteiger partial charge >= 0.3 is 0 Å². The van der Waals surface area contributed by atoms with Crippen molar-refractivity contribution in [3.63, 3.8) is 0 Å². The second kappa shape index (κ2) is 8.47. The van der Waals surface area contributed by atoms with Crippen LogP contribution in [0.25, 0.3) is 0 Å². The fourth-order valence-electron chi connectivity index (χ4n) is 3.88. The van der Waals surface area contributed by atoms with Crippen LogP contribution in [0.5, 0.6) is 0 Å². The fraction of sp³-hybridized carbons (Fsp3) is 0.500. The summed E-state index contributed by atoms with van der Waals surface area (Å²) in [7, 11) is 3.99. The molecule has 2 saturated heterocycles. The zero-order valence-electron chi connectivity index (χ0n) is 16.1. The maximum atomic E-state index is 12.6. The van der Waals surface area contributed by atoms with Crippen molar-refractivity contribution in [2.24, 2.45) is 0 Å². The third kappa shape index (κ3) is 4.55. The van der Waals surface area contributed by atoms with Crippen molar-refractivity contribution in [2.45, 2.75) is 31.2 Å². The first-order chi connectivity index (χ1) is 13.5. The summed E-state index contributed by atoms with van der Waals surface area (Å²) in [5.41, 5.74) is 1.66. The second-order valence-electron chi connectivity index (χ2n) is 7.75. The highest BCUT2D eigenvalue weighted by Gasteiger charge is 2.38. The largest absolute Gasteiger partial charge is 0.371 e. The molecule has 1 N–H and O–H groups in total. The summed E-state index contributed by atoms with van der Waals surface area (Å²) >= 11 is 7.52. The zero-order chi connectivity index (χ0) is 19.7. The predicted octanol–water partition coefficient (Wildman–Crippen LogP) is 2.80. The van der Waals surface area contributed by atoms with Gasteiger partial charge in [0, 0.05) is 42.1 Å². The molecule has 0 bridgehead atoms. The number of halogens is 1. The average molecular weight is 421 g/mol. The van der Waals surface area contributed by atoms with Crippen LogP contribution in [0.2, 0.25) is 5.02 Å². The van der Waals surface area contributed by atoms with Gasteiger partial charge in [-0.3, -0.25) is 9.69 Å². The second-order valence-corrected chi connectivity index (χ2v) is 9.13. The highest BCUT2D eigenvalue weighted by molar-refractivity contribution is 7.09. The number of amides is 1. The Hall–Kier alpha value is -1.51. The number of aromatic nitrogens is 1. The first-order valence-corrected chi connectivity index (χ1v) is 10.7. The van der Waals surface area contributed by atoms with Crippen molar-refractivity contribution in [3.05, 3.63) is 50.9 Å². The molecule has 2 aliphatic rings. The summed E-state index contributed by atoms with van der Waals surface area (Å²) < 4.78 is 6.08. The molecule has 3 atom stereocenters. The molecule has 4 rings (SSSR count). The molecule has 0 spiro atoms. The molecule has 3 heterocycles. The molecule has 6 nitrogen and oxygen atoms in total. The first-order valence-electron chi connectivity index (χ1n) is 9.49. The van der Waals surface area contributed by atoms with Crippen LogP contribution in [0, 0.1) is 0 Å². The monoisotopic (exact) mass is 420 g/mol. The Bertz CT molecular complexity index is 826. The molecule has 150 valence electrons. The van der Waals surface area contributed by atoms with Crippen LogP contribution in [-0.4, -0.2) is 66.6 Å². The van der Waals surface area contributed by atoms with Gasteiger partial charge in [0.05, 0.1) is 12.7 Å². The van der Waals surface area contributed by atoms with Crippen molar-refractivity contribution >= 4 is 28.8 Å². The van der Waals surface area contributed by atoms with Crippen molar-refractivity contribution in [1.29, 1.82) is 0 Å². The van der Waals surface area contributed by atoms with Gasteiger partial charge in [0.15, 0.2) is 0 Å². The number of hydrogen-bond donors (Lipinski definition) is 1. The zero-order valence-corrected chi connectivity index (χ0v) is 17.7. The summed E-state index contributed by atoms with van der Waals surface area (Å²) in [4.78, 5) is 21.5. The predicted molar refractivity (Wildman–Crippen MR) is 111 cm³/mol. The van der Waals surface area contributed by atoms with Gasteiger partial charge in [-0.2, -0.15) is 0 Å². The molecule has 1 amide bonds. The van der Waals surface area contributed by atoms with E-state index in [0.29, 0.717) is 18.3 Å². The van der Waals surface area contributed by atoms with Crippen LogP contribution in [-0.2, 0) is 11.3 Å². The lowest BCUT2D eigenvalue weighted by atomic mass is 10.1. The highest BCUT2D eigenvalue weighted by Crippen LogP contribution is 2.31. The molecule has 0 radical (unpaired) electrons. The van der Waals surface area contributed by atoms with E-state index in [1.54, 1.807) is 0 Å². The van der Waals surface area contributed by atoms with Gasteiger partial charge in [0.25, 0.3) is 5.91 Å². The molecule has 8 heteroatoms. The van der Waals surface area contributed by atoms with E-state index in [2.05, 4.69) is 15.2 Å². The Morgan fingerprint density at radius 1 is 1.36 bits per heavy atom. The number of morpholine rings is 1. The van der Waals surface area contributed by atoms with Crippen LogP contribution in [0.3, 0.4) is 0 Å². The molecular weight excluding hydrogens is 396 g/mol. The minimum absolute atomic E-state index is 0.0510. The highest BCUT2D eigenvalue weighted by atomic mass is 35.5. The molecular formula is C20H25ClN4O2S. The number of carbonyl (C=O) groups excluding carboxylic acids is 1. The minimum Gasteiger partial charge on any atom is -0.371 e. The van der Waals surface area contributed by atoms with Gasteiger partial charge in [-0.1, -0.05) is 23.7 Å². The van der Waals surface area contributed by atoms with Gasteiger partial charge in [0.2, 0.25) is 0 Å². The Morgan fingerprint density at radius 2 is 2.14 bits per heavy atom. The molecule has 0 saturated carbocycles. The van der Waals surface area contributed by atoms with E-state index in [1.807, 2.05) is 48.6 Å². The number of nitrogens with one attached hydrogen (secondary N) is 1. The van der Waals surface area contributed by atoms with Crippen LogP contribution < -0.4 is 5.32 Å². The maximum Gasteiger partial charge on any atom is 0.271 e. The Morgan fingerprint density at radius 3 is 2.89 bits per heavy atom. The van der Waals surface area contributed by atoms with Crippen molar-refractivity contribution in [2.75, 3.05) is 33.8 Å². The van der Waals surface area contributed by atoms with E-state index in [9.17, 15) is 4.79 Å². The van der Waals surface area contributed by atoms with E-state index >= 15 is 0 Å². The molecule has 2 aliphatic heterocycles. The van der Waals surface area contributed by atoms with E-state index < -0.39 is 0 Å². The Balaban J connectivity index is 1.33. The van der Waals surface area contributed by atoms with Crippen LogP contribution in [0.1, 0.15) is 33.6 Å². The number of hydrogen-bond acceptors (Lipinski definition) is 6. The van der Waals surface area contributed by atoms with Gasteiger partial charge in [0.1, 0.15) is 10.7 Å². The summed E-state index contributed by atoms with van der Waals surface area (Å²) in [6.45, 7) is 3.12. The SMILES string of the molecule is CN(C)Cc1nc(C(=O)N[C@@H]2C[C@H]3CO[C@@H](c4ccc(Cl)cc4)CN3C2)cs1. The van der Waals surface area contributed by atoms with Gasteiger partial charge in [-0.15, -0.1) is 11.3 Å². The van der Waals surface area contributed by atoms with Gasteiger partial charge < -0.3 is 15.0 Å². The lowest BCUT2D eigenvalue weighted by Crippen LogP contribution is -2.43. The van der Waals surface area contributed by atoms with E-state index in [4.69, 9.17) is 16.3 Å². The maximum absolute atomic E-state index is 12.6. The van der Waals surface area contributed by atoms with Crippen LogP contribution >= 0.6 is 22.9 Å². The fourth-order valence-corrected chi connectivity index (χ4v) is 4.89. The Kier molecular flexibility index (Phi) is 5.99. The summed E-state index contributed by atoms with van der Waals surface area (Å²) in [5.74, 6) is -0.0822. The van der Waals surface area contributed by atoms with E-state index in [1.165, 1.54) is 11.3 Å². The lowest BCUT2D eigenvalue weighted by Gasteiger charge is -2.35. The number of thiazole rings is 1. The summed E-state index contributed by atoms with van der Waals surface area (Å²) in [6.07, 6.45) is 0.962. The number of fused-ring (bicyclic) bond motifs is 1. The van der Waals surface area contributed by atoms with Crippen molar-refractivity contribution in [3.8, 4) is 0 Å². The molecule has 2 aromatic rings. The summed E-state index contributed by atoms with van der Waals surface area (Å²) in [5, 5.41) is 6.69. The van der Waals surface area contributed by atoms with E-state index in [-0.39, 0.29) is 18.1 Å². The van der Waals surface area contributed by atoms with Crippen molar-refractivity contribution < 1.29 is 9.53 Å². The number of ether oxygens (including phenoxy) is 1. The quantitative estimate of drug-likeness (QED) is 0.806. The van der Waals surface area contributed by atoms with Crippen LogP contribution in [0.4, 0.5) is 0 Å². The number of benzene rings is 1. The topological polar surface area (TPSA) is 57.7 Å². The molecule has 28 heavy (non-hydrogen) atoms. The summed E-state index contributed by atoms with van der Waals surface area (Å²) in [6, 6.07) is 8.33.